The number of amidine groups is 1. The van der Waals surface area contributed by atoms with Crippen LogP contribution >= 0.6 is 0 Å². The highest BCUT2D eigenvalue weighted by Crippen LogP contribution is 2.03. The topological polar surface area (TPSA) is 58.6 Å². The fourth-order valence-electron chi connectivity index (χ4n) is 0.619. The van der Waals surface area contributed by atoms with Crippen LogP contribution in [0, 0.1) is 0 Å². The summed E-state index contributed by atoms with van der Waals surface area (Å²) in [5, 5.41) is 11.1. The van der Waals surface area contributed by atoms with Gasteiger partial charge in [0.1, 0.15) is 0 Å². The van der Waals surface area contributed by atoms with Crippen LogP contribution in [0.1, 0.15) is 13.8 Å². The molecular weight excluding hydrogens is 128 g/mol. The van der Waals surface area contributed by atoms with Crippen molar-refractivity contribution in [3.63, 3.8) is 0 Å². The lowest BCUT2D eigenvalue weighted by Gasteiger charge is -1.99. The maximum atomic E-state index is 8.27. The van der Waals surface area contributed by atoms with Gasteiger partial charge < -0.3 is 10.9 Å². The van der Waals surface area contributed by atoms with Crippen LogP contribution in [0.4, 0.5) is 0 Å². The van der Waals surface area contributed by atoms with Gasteiger partial charge in [-0.2, -0.15) is 0 Å². The van der Waals surface area contributed by atoms with Crippen molar-refractivity contribution in [2.24, 2.45) is 10.9 Å². The van der Waals surface area contributed by atoms with Gasteiger partial charge in [-0.3, -0.25) is 0 Å². The third kappa shape index (κ3) is 1.93. The molecule has 10 heavy (non-hydrogen) atoms. The highest BCUT2D eigenvalue weighted by molar-refractivity contribution is 5.99. The first-order chi connectivity index (χ1) is 4.63. The Kier molecular flexibility index (Phi) is 3.25. The lowest BCUT2D eigenvalue weighted by Crippen LogP contribution is -2.14. The van der Waals surface area contributed by atoms with Crippen molar-refractivity contribution in [1.29, 1.82) is 0 Å². The van der Waals surface area contributed by atoms with E-state index >= 15 is 0 Å². The average Bonchev–Trinajstić information content (AvgIpc) is 1.88. The Balaban J connectivity index is 4.71. The normalized spacial score (nSPS) is 10.8. The first-order valence-corrected chi connectivity index (χ1v) is 2.91. The first kappa shape index (κ1) is 8.75. The van der Waals surface area contributed by atoms with Crippen LogP contribution < -0.4 is 5.73 Å². The predicted molar refractivity (Wildman–Crippen MR) is 42.0 cm³/mol. The van der Waals surface area contributed by atoms with Gasteiger partial charge in [0.25, 0.3) is 0 Å². The van der Waals surface area contributed by atoms with Crippen LogP contribution in [-0.2, 0) is 0 Å². The van der Waals surface area contributed by atoms with Crippen molar-refractivity contribution < 1.29 is 5.21 Å². The molecule has 0 saturated carbocycles. The van der Waals surface area contributed by atoms with Crippen LogP contribution in [0.3, 0.4) is 0 Å². The van der Waals surface area contributed by atoms with Crippen LogP contribution in [-0.4, -0.2) is 11.0 Å². The number of oxime groups is 1. The Labute approximate surface area is 60.5 Å². The second-order valence-electron chi connectivity index (χ2n) is 2.10. The van der Waals surface area contributed by atoms with E-state index in [-0.39, 0.29) is 5.84 Å². The molecule has 3 N–H and O–H groups in total. The molecule has 3 heteroatoms. The largest absolute Gasteiger partial charge is 0.409 e. The SMILES string of the molecule is C=CC(=C(C)C)/C(N)=N/O. The van der Waals surface area contributed by atoms with Gasteiger partial charge >= 0.3 is 0 Å². The summed E-state index contributed by atoms with van der Waals surface area (Å²) < 4.78 is 0. The zero-order valence-electron chi connectivity index (χ0n) is 6.26. The molecule has 0 aromatic carbocycles. The van der Waals surface area contributed by atoms with Gasteiger partial charge in [0.2, 0.25) is 0 Å². The summed E-state index contributed by atoms with van der Waals surface area (Å²) in [4.78, 5) is 0. The van der Waals surface area contributed by atoms with E-state index in [1.807, 2.05) is 13.8 Å². The van der Waals surface area contributed by atoms with Crippen LogP contribution in [0.2, 0.25) is 0 Å². The Morgan fingerprint density at radius 3 is 2.20 bits per heavy atom. The predicted octanol–water partition coefficient (Wildman–Crippen LogP) is 1.26. The molecule has 0 fully saturated rings. The zero-order chi connectivity index (χ0) is 8.15. The summed E-state index contributed by atoms with van der Waals surface area (Å²) in [6.07, 6.45) is 1.56. The van der Waals surface area contributed by atoms with Gasteiger partial charge in [-0.1, -0.05) is 23.4 Å². The molecule has 0 aliphatic carbocycles. The maximum absolute atomic E-state index is 8.27. The minimum atomic E-state index is 0.106. The van der Waals surface area contributed by atoms with E-state index < -0.39 is 0 Å². The zero-order valence-corrected chi connectivity index (χ0v) is 6.26. The molecule has 0 amide bonds. The monoisotopic (exact) mass is 140 g/mol. The number of allylic oxidation sites excluding steroid dienone is 1. The molecule has 0 heterocycles. The summed E-state index contributed by atoms with van der Waals surface area (Å²) in [6.45, 7) is 7.26. The molecular formula is C7H12N2O. The van der Waals surface area contributed by atoms with E-state index in [9.17, 15) is 0 Å². The number of nitrogens with two attached hydrogens (primary N) is 1. The summed E-state index contributed by atoms with van der Waals surface area (Å²) in [5.41, 5.74) is 6.96. The van der Waals surface area contributed by atoms with E-state index in [1.54, 1.807) is 6.08 Å². The van der Waals surface area contributed by atoms with E-state index in [1.165, 1.54) is 0 Å². The molecule has 0 aromatic rings. The molecule has 0 bridgehead atoms. The van der Waals surface area contributed by atoms with E-state index in [4.69, 9.17) is 10.9 Å². The van der Waals surface area contributed by atoms with Crippen molar-refractivity contribution in [2.45, 2.75) is 13.8 Å². The van der Waals surface area contributed by atoms with Crippen molar-refractivity contribution in [3.05, 3.63) is 23.8 Å². The highest BCUT2D eigenvalue weighted by Gasteiger charge is 1.98. The molecule has 56 valence electrons. The molecule has 0 unspecified atom stereocenters. The highest BCUT2D eigenvalue weighted by atomic mass is 16.4. The lowest BCUT2D eigenvalue weighted by atomic mass is 10.1. The average molecular weight is 140 g/mol. The minimum absolute atomic E-state index is 0.106. The van der Waals surface area contributed by atoms with Gasteiger partial charge in [0.15, 0.2) is 5.84 Å². The fourth-order valence-corrected chi connectivity index (χ4v) is 0.619. The van der Waals surface area contributed by atoms with Gasteiger partial charge in [-0.15, -0.1) is 0 Å². The second-order valence-corrected chi connectivity index (χ2v) is 2.10. The third-order valence-electron chi connectivity index (χ3n) is 1.13. The molecule has 0 saturated heterocycles. The summed E-state index contributed by atoms with van der Waals surface area (Å²) >= 11 is 0. The summed E-state index contributed by atoms with van der Waals surface area (Å²) in [7, 11) is 0. The van der Waals surface area contributed by atoms with Gasteiger partial charge in [-0.05, 0) is 13.8 Å². The number of hydrogen-bond acceptors (Lipinski definition) is 2. The summed E-state index contributed by atoms with van der Waals surface area (Å²) in [6, 6.07) is 0. The molecule has 3 nitrogen and oxygen atoms in total. The fraction of sp³-hybridized carbons (Fsp3) is 0.286. The first-order valence-electron chi connectivity index (χ1n) is 2.91. The molecule has 0 rings (SSSR count). The number of nitrogens with zero attached hydrogens (tertiary/aromatic N) is 1. The summed E-state index contributed by atoms with van der Waals surface area (Å²) in [5.74, 6) is 0.106. The Morgan fingerprint density at radius 2 is 2.10 bits per heavy atom. The Hall–Kier alpha value is -1.25. The third-order valence-corrected chi connectivity index (χ3v) is 1.13. The Bertz CT molecular complexity index is 188. The van der Waals surface area contributed by atoms with Gasteiger partial charge in [-0.25, -0.2) is 0 Å². The van der Waals surface area contributed by atoms with E-state index in [0.29, 0.717) is 5.57 Å². The molecule has 0 aliphatic rings. The molecule has 0 atom stereocenters. The Morgan fingerprint density at radius 1 is 1.60 bits per heavy atom. The van der Waals surface area contributed by atoms with Gasteiger partial charge in [0, 0.05) is 5.57 Å². The standard InChI is InChI=1S/C7H12N2O/c1-4-6(5(2)3)7(8)9-10/h4,10H,1H2,2-3H3,(H2,8,9). The van der Waals surface area contributed by atoms with Crippen molar-refractivity contribution in [3.8, 4) is 0 Å². The molecule has 0 aromatic heterocycles. The second kappa shape index (κ2) is 3.71. The quantitative estimate of drug-likeness (QED) is 0.199. The minimum Gasteiger partial charge on any atom is -0.409 e. The molecule has 0 spiro atoms. The van der Waals surface area contributed by atoms with Crippen LogP contribution in [0.25, 0.3) is 0 Å². The van der Waals surface area contributed by atoms with Gasteiger partial charge in [0.05, 0.1) is 0 Å². The van der Waals surface area contributed by atoms with Crippen LogP contribution in [0.15, 0.2) is 29.0 Å². The van der Waals surface area contributed by atoms with Crippen molar-refractivity contribution >= 4 is 5.84 Å². The van der Waals surface area contributed by atoms with Crippen molar-refractivity contribution in [2.75, 3.05) is 0 Å². The molecule has 0 radical (unpaired) electrons. The lowest BCUT2D eigenvalue weighted by molar-refractivity contribution is 0.318. The van der Waals surface area contributed by atoms with E-state index in [2.05, 4.69) is 11.7 Å². The number of rotatable bonds is 2. The van der Waals surface area contributed by atoms with Crippen LogP contribution in [0.5, 0.6) is 0 Å². The maximum Gasteiger partial charge on any atom is 0.169 e. The molecule has 0 aliphatic heterocycles. The number of hydrogen-bond donors (Lipinski definition) is 2. The smallest absolute Gasteiger partial charge is 0.169 e. The van der Waals surface area contributed by atoms with Crippen molar-refractivity contribution in [1.82, 2.24) is 0 Å². The van der Waals surface area contributed by atoms with E-state index in [0.717, 1.165) is 5.57 Å².